The van der Waals surface area contributed by atoms with Gasteiger partial charge in [-0.3, -0.25) is 9.20 Å². The molecule has 1 unspecified atom stereocenters. The van der Waals surface area contributed by atoms with E-state index >= 15 is 0 Å². The molecule has 0 radical (unpaired) electrons. The van der Waals surface area contributed by atoms with Gasteiger partial charge in [0.2, 0.25) is 5.91 Å². The number of hydrogen-bond donors (Lipinski definition) is 2. The molecule has 7 nitrogen and oxygen atoms in total. The molecule has 0 aliphatic carbocycles. The minimum atomic E-state index is -4.67. The second kappa shape index (κ2) is 9.44. The average Bonchev–Trinajstić information content (AvgIpc) is 3.46. The van der Waals surface area contributed by atoms with Gasteiger partial charge in [0.1, 0.15) is 34.8 Å². The Morgan fingerprint density at radius 3 is 2.60 bits per heavy atom. The molecule has 2 aliphatic rings. The number of nitrogens with two attached hydrogens (primary N) is 1. The first-order valence-electron chi connectivity index (χ1n) is 12.8. The lowest BCUT2D eigenvalue weighted by molar-refractivity contribution is -0.137. The fraction of sp³-hybridized carbons (Fsp3) is 0.276. The van der Waals surface area contributed by atoms with Crippen LogP contribution in [0.3, 0.4) is 0 Å². The van der Waals surface area contributed by atoms with Crippen molar-refractivity contribution in [2.75, 3.05) is 12.3 Å². The van der Waals surface area contributed by atoms with Crippen LogP contribution in [0, 0.1) is 5.82 Å². The number of benzene rings is 2. The van der Waals surface area contributed by atoms with Crippen molar-refractivity contribution in [2.24, 2.45) is 0 Å². The van der Waals surface area contributed by atoms with Crippen LogP contribution >= 0.6 is 0 Å². The predicted octanol–water partition coefficient (Wildman–Crippen LogP) is 5.25. The Balaban J connectivity index is 1.34. The second-order valence-electron chi connectivity index (χ2n) is 10.3. The molecule has 2 saturated heterocycles. The molecule has 0 bridgehead atoms. The summed E-state index contributed by atoms with van der Waals surface area (Å²) in [6.07, 6.45) is -0.974. The number of anilines is 1. The molecule has 0 spiro atoms. The Morgan fingerprint density at radius 1 is 1.12 bits per heavy atom. The summed E-state index contributed by atoms with van der Waals surface area (Å²) in [5.74, 6) is 0.0686. The number of imidazole rings is 1. The number of nitrogens with zero attached hydrogens (tertiary/aromatic N) is 4. The summed E-state index contributed by atoms with van der Waals surface area (Å²) < 4.78 is 55.7. The largest absolute Gasteiger partial charge is 0.416 e. The molecule has 2 aromatic heterocycles. The van der Waals surface area contributed by atoms with Crippen LogP contribution in [0.4, 0.5) is 23.4 Å². The monoisotopic (exact) mass is 551 g/mol. The zero-order chi connectivity index (χ0) is 28.3. The first kappa shape index (κ1) is 26.0. The number of alkyl halides is 3. The molecule has 206 valence electrons. The lowest BCUT2D eigenvalue weighted by Gasteiger charge is -2.34. The molecule has 2 aromatic carbocycles. The van der Waals surface area contributed by atoms with Gasteiger partial charge in [-0.05, 0) is 42.2 Å². The molecule has 1 amide bonds. The Bertz CT molecular complexity index is 1650. The highest BCUT2D eigenvalue weighted by Gasteiger charge is 2.40. The van der Waals surface area contributed by atoms with Crippen LogP contribution in [0.1, 0.15) is 53.8 Å². The van der Waals surface area contributed by atoms with Crippen LogP contribution in [0.15, 0.2) is 67.0 Å². The maximum absolute atomic E-state index is 14.4. The third-order valence-electron chi connectivity index (χ3n) is 7.85. The van der Waals surface area contributed by atoms with Gasteiger partial charge < -0.3 is 15.7 Å². The lowest BCUT2D eigenvalue weighted by Crippen LogP contribution is -2.41. The van der Waals surface area contributed by atoms with Crippen molar-refractivity contribution >= 4 is 17.2 Å². The van der Waals surface area contributed by atoms with Crippen molar-refractivity contribution in [2.45, 2.75) is 43.5 Å². The average molecular weight is 552 g/mol. The molecule has 2 fully saturated rings. The lowest BCUT2D eigenvalue weighted by atomic mass is 9.91. The number of fused-ring (bicyclic) bond motifs is 2. The fourth-order valence-corrected chi connectivity index (χ4v) is 5.80. The van der Waals surface area contributed by atoms with Crippen LogP contribution in [-0.2, 0) is 11.0 Å². The Hall–Kier alpha value is -4.25. The van der Waals surface area contributed by atoms with E-state index in [0.29, 0.717) is 47.9 Å². The summed E-state index contributed by atoms with van der Waals surface area (Å²) in [5.41, 5.74) is 7.63. The van der Waals surface area contributed by atoms with Crippen LogP contribution in [0.2, 0.25) is 0 Å². The van der Waals surface area contributed by atoms with Crippen LogP contribution in [0.5, 0.6) is 0 Å². The van der Waals surface area contributed by atoms with E-state index in [2.05, 4.69) is 11.6 Å². The van der Waals surface area contributed by atoms with Crippen molar-refractivity contribution in [1.82, 2.24) is 19.3 Å². The molecule has 4 aromatic rings. The van der Waals surface area contributed by atoms with Crippen molar-refractivity contribution in [3.63, 3.8) is 0 Å². The molecular formula is C29H25F4N5O2. The third-order valence-corrected chi connectivity index (χ3v) is 7.85. The summed E-state index contributed by atoms with van der Waals surface area (Å²) in [6, 6.07) is 8.32. The van der Waals surface area contributed by atoms with Gasteiger partial charge >= 0.3 is 6.18 Å². The topological polar surface area (TPSA) is 96.8 Å². The zero-order valence-corrected chi connectivity index (χ0v) is 21.2. The van der Waals surface area contributed by atoms with Gasteiger partial charge in [-0.1, -0.05) is 30.8 Å². The number of aliphatic hydroxyl groups is 1. The smallest absolute Gasteiger partial charge is 0.384 e. The Morgan fingerprint density at radius 2 is 1.88 bits per heavy atom. The van der Waals surface area contributed by atoms with E-state index in [-0.39, 0.29) is 29.2 Å². The quantitative estimate of drug-likeness (QED) is 0.267. The summed E-state index contributed by atoms with van der Waals surface area (Å²) in [6.45, 7) is 4.56. The predicted molar refractivity (Wildman–Crippen MR) is 140 cm³/mol. The first-order chi connectivity index (χ1) is 19.0. The second-order valence-corrected chi connectivity index (χ2v) is 10.3. The molecule has 0 saturated carbocycles. The van der Waals surface area contributed by atoms with E-state index in [1.54, 1.807) is 24.5 Å². The number of carbonyl (C=O) groups is 1. The molecule has 2 aliphatic heterocycles. The number of hydrogen-bond acceptors (Lipinski definition) is 5. The normalized spacial score (nSPS) is 20.3. The number of rotatable bonds is 4. The molecule has 40 heavy (non-hydrogen) atoms. The maximum Gasteiger partial charge on any atom is 0.416 e. The molecule has 11 heteroatoms. The van der Waals surface area contributed by atoms with Gasteiger partial charge in [-0.15, -0.1) is 0 Å². The number of amides is 1. The van der Waals surface area contributed by atoms with Crippen LogP contribution < -0.4 is 5.73 Å². The summed E-state index contributed by atoms with van der Waals surface area (Å²) in [4.78, 5) is 23.5. The number of piperidine rings is 1. The highest BCUT2D eigenvalue weighted by Crippen LogP contribution is 2.40. The number of aromatic nitrogens is 3. The highest BCUT2D eigenvalue weighted by atomic mass is 19.4. The molecule has 6 rings (SSSR count). The Kier molecular flexibility index (Phi) is 6.14. The van der Waals surface area contributed by atoms with Crippen LogP contribution in [0.25, 0.3) is 16.8 Å². The van der Waals surface area contributed by atoms with E-state index in [4.69, 9.17) is 10.7 Å². The maximum atomic E-state index is 14.4. The van der Waals surface area contributed by atoms with E-state index in [1.165, 1.54) is 12.1 Å². The van der Waals surface area contributed by atoms with Gasteiger partial charge in [-0.25, -0.2) is 14.4 Å². The minimum absolute atomic E-state index is 0.0425. The zero-order valence-electron chi connectivity index (χ0n) is 21.2. The molecular weight excluding hydrogens is 526 g/mol. The van der Waals surface area contributed by atoms with Gasteiger partial charge in [0.05, 0.1) is 11.6 Å². The van der Waals surface area contributed by atoms with E-state index in [9.17, 15) is 27.5 Å². The van der Waals surface area contributed by atoms with E-state index in [1.807, 2.05) is 9.30 Å². The van der Waals surface area contributed by atoms with E-state index < -0.39 is 29.2 Å². The van der Waals surface area contributed by atoms with Crippen molar-refractivity contribution in [3.8, 4) is 11.3 Å². The van der Waals surface area contributed by atoms with Gasteiger partial charge in [-0.2, -0.15) is 13.2 Å². The molecule has 4 heterocycles. The van der Waals surface area contributed by atoms with E-state index in [0.717, 1.165) is 24.2 Å². The third kappa shape index (κ3) is 4.30. The minimum Gasteiger partial charge on any atom is -0.384 e. The summed E-state index contributed by atoms with van der Waals surface area (Å²) in [5, 5.41) is 10.7. The standard InChI is InChI=1S/C29H25F4N5O2/c1-15-12-23(39)38-14-18(6-9-22(15)38)28-36-24(25-27(34)35-10-11-37(25)28)16-2-4-17(5-3-16)26(40)20-13-19(29(31,32)33)7-8-21(20)30/h2-5,7-8,10-11,13,18,22,26,40H,1,6,9,12,14H2,(H2,34,35)/t18-,22+,26?/m1/s1. The van der Waals surface area contributed by atoms with Gasteiger partial charge in [0.15, 0.2) is 0 Å². The SMILES string of the molecule is C=C1CC(=O)N2C[C@H](c3nc(-c4ccc(C(O)c5cc(C(F)(F)F)ccc5F)cc4)c4c(N)nccn34)CC[C@@H]12. The van der Waals surface area contributed by atoms with Crippen molar-refractivity contribution < 1.29 is 27.5 Å². The van der Waals surface area contributed by atoms with Crippen molar-refractivity contribution in [1.29, 1.82) is 0 Å². The van der Waals surface area contributed by atoms with Gasteiger partial charge in [0, 0.05) is 42.4 Å². The number of nitrogen functional groups attached to an aromatic ring is 1. The Labute approximate surface area is 226 Å². The molecule has 3 N–H and O–H groups in total. The first-order valence-corrected chi connectivity index (χ1v) is 12.8. The molecule has 3 atom stereocenters. The number of halogens is 4. The summed E-state index contributed by atoms with van der Waals surface area (Å²) >= 11 is 0. The van der Waals surface area contributed by atoms with Crippen molar-refractivity contribution in [3.05, 3.63) is 95.3 Å². The highest BCUT2D eigenvalue weighted by molar-refractivity contribution is 5.86. The number of carbonyl (C=O) groups excluding carboxylic acids is 1. The fourth-order valence-electron chi connectivity index (χ4n) is 5.80. The number of aliphatic hydroxyl groups excluding tert-OH is 1. The van der Waals surface area contributed by atoms with Crippen LogP contribution in [-0.4, -0.2) is 42.9 Å². The van der Waals surface area contributed by atoms with Gasteiger partial charge in [0.25, 0.3) is 0 Å². The summed E-state index contributed by atoms with van der Waals surface area (Å²) in [7, 11) is 0.